The molecule has 1 aliphatic heterocycles. The highest BCUT2D eigenvalue weighted by Gasteiger charge is 2.13. The smallest absolute Gasteiger partial charge is 0.270 e. The lowest BCUT2D eigenvalue weighted by Crippen LogP contribution is -2.39. The van der Waals surface area contributed by atoms with Gasteiger partial charge < -0.3 is 27.0 Å². The Balaban J connectivity index is 1.71. The second-order valence-corrected chi connectivity index (χ2v) is 6.66. The van der Waals surface area contributed by atoms with E-state index in [1.807, 2.05) is 0 Å². The van der Waals surface area contributed by atoms with Crippen molar-refractivity contribution in [2.24, 2.45) is 5.73 Å². The van der Waals surface area contributed by atoms with Crippen molar-refractivity contribution in [1.82, 2.24) is 20.7 Å². The van der Waals surface area contributed by atoms with E-state index in [1.54, 1.807) is 7.05 Å². The lowest BCUT2D eigenvalue weighted by atomic mass is 10.1. The summed E-state index contributed by atoms with van der Waals surface area (Å²) in [5.74, 6) is 0.340. The van der Waals surface area contributed by atoms with Crippen molar-refractivity contribution in [2.45, 2.75) is 12.8 Å². The molecule has 142 valence electrons. The predicted octanol–water partition coefficient (Wildman–Crippen LogP) is -0.356. The highest BCUT2D eigenvalue weighted by molar-refractivity contribution is 7.97. The van der Waals surface area contributed by atoms with Gasteiger partial charge in [-0.1, -0.05) is 24.1 Å². The van der Waals surface area contributed by atoms with Gasteiger partial charge in [-0.25, -0.2) is 0 Å². The van der Waals surface area contributed by atoms with E-state index in [0.29, 0.717) is 0 Å². The molecule has 8 nitrogen and oxygen atoms in total. The summed E-state index contributed by atoms with van der Waals surface area (Å²) >= 11 is 1.35. The van der Waals surface area contributed by atoms with Gasteiger partial charge >= 0.3 is 0 Å². The van der Waals surface area contributed by atoms with Crippen molar-refractivity contribution in [3.63, 3.8) is 0 Å². The monoisotopic (exact) mass is 378 g/mol. The lowest BCUT2D eigenvalue weighted by Gasteiger charge is -2.12. The second kappa shape index (κ2) is 9.81. The Morgan fingerprint density at radius 1 is 1.27 bits per heavy atom. The number of anilines is 1. The van der Waals surface area contributed by atoms with Gasteiger partial charge in [-0.05, 0) is 30.0 Å². The minimum atomic E-state index is -0.386. The summed E-state index contributed by atoms with van der Waals surface area (Å²) in [6.07, 6.45) is 1.94. The van der Waals surface area contributed by atoms with Gasteiger partial charge in [0.15, 0.2) is 0 Å². The Morgan fingerprint density at radius 3 is 2.81 bits per heavy atom. The first-order valence-electron chi connectivity index (χ1n) is 8.45. The molecule has 1 aliphatic rings. The van der Waals surface area contributed by atoms with Gasteiger partial charge in [0.05, 0.1) is 6.54 Å². The summed E-state index contributed by atoms with van der Waals surface area (Å²) in [6.45, 7) is 0.962. The number of aryl methyl sites for hydroxylation is 1. The molecule has 9 heteroatoms. The molecule has 0 saturated carbocycles. The topological polar surface area (TPSA) is 120 Å². The normalized spacial score (nSPS) is 13.2. The van der Waals surface area contributed by atoms with Crippen LogP contribution in [0.15, 0.2) is 29.7 Å². The number of likely N-dealkylation sites (N-methyl/N-ethyl adjacent to an activating group) is 1. The van der Waals surface area contributed by atoms with Crippen LogP contribution in [0.3, 0.4) is 0 Å². The second-order valence-electron chi connectivity index (χ2n) is 5.76. The number of carbonyl (C=O) groups excluding carboxylic acids is 2. The molecule has 1 aromatic rings. The number of carbonyl (C=O) groups is 2. The Hall–Kier alpha value is -2.55. The Bertz CT molecular complexity index is 692. The molecule has 0 saturated heterocycles. The summed E-state index contributed by atoms with van der Waals surface area (Å²) in [5, 5.41) is 11.3. The van der Waals surface area contributed by atoms with Crippen molar-refractivity contribution < 1.29 is 9.59 Å². The van der Waals surface area contributed by atoms with Gasteiger partial charge in [0.1, 0.15) is 11.5 Å². The van der Waals surface area contributed by atoms with Crippen LogP contribution in [0, 0.1) is 0 Å². The van der Waals surface area contributed by atoms with Gasteiger partial charge in [0.2, 0.25) is 5.91 Å². The fourth-order valence-electron chi connectivity index (χ4n) is 2.57. The molecule has 7 N–H and O–H groups in total. The quantitative estimate of drug-likeness (QED) is 0.197. The standard InChI is InChI=1S/C17H26N6O2S/c1-19-16(18)15(17(25)20-2)22-10-14(24)23-26-8-6-11-3-4-13-12(9-11)5-7-21-13/h3-4,9,19,21-22H,5-8,10,18H2,1-2H3,(H,20,25)(H,23,24)/b16-15+. The maximum Gasteiger partial charge on any atom is 0.270 e. The summed E-state index contributed by atoms with van der Waals surface area (Å²) in [7, 11) is 3.10. The van der Waals surface area contributed by atoms with E-state index in [4.69, 9.17) is 5.73 Å². The average molecular weight is 379 g/mol. The van der Waals surface area contributed by atoms with Crippen LogP contribution in [0.4, 0.5) is 5.69 Å². The first kappa shape index (κ1) is 19.8. The Kier molecular flexibility index (Phi) is 7.46. The molecule has 0 radical (unpaired) electrons. The van der Waals surface area contributed by atoms with E-state index in [9.17, 15) is 9.59 Å². The third-order valence-electron chi connectivity index (χ3n) is 3.98. The zero-order chi connectivity index (χ0) is 18.9. The molecule has 2 amide bonds. The van der Waals surface area contributed by atoms with E-state index < -0.39 is 0 Å². The summed E-state index contributed by atoms with van der Waals surface area (Å²) in [5.41, 5.74) is 9.69. The van der Waals surface area contributed by atoms with Gasteiger partial charge in [0, 0.05) is 32.1 Å². The van der Waals surface area contributed by atoms with Crippen LogP contribution in [-0.2, 0) is 22.4 Å². The van der Waals surface area contributed by atoms with Crippen LogP contribution < -0.4 is 31.7 Å². The van der Waals surface area contributed by atoms with Crippen molar-refractivity contribution in [3.8, 4) is 0 Å². The maximum absolute atomic E-state index is 11.9. The zero-order valence-electron chi connectivity index (χ0n) is 15.1. The number of hydrogen-bond acceptors (Lipinski definition) is 7. The molecule has 0 aliphatic carbocycles. The average Bonchev–Trinajstić information content (AvgIpc) is 3.12. The third kappa shape index (κ3) is 5.48. The van der Waals surface area contributed by atoms with Gasteiger partial charge in [0.25, 0.3) is 5.91 Å². The number of nitrogens with one attached hydrogen (secondary N) is 5. The minimum absolute atomic E-state index is 0.0390. The van der Waals surface area contributed by atoms with Crippen molar-refractivity contribution in [3.05, 3.63) is 40.8 Å². The lowest BCUT2D eigenvalue weighted by molar-refractivity contribution is -0.118. The SMILES string of the molecule is CNC(=O)/C(NCC(=O)NSCCc1ccc2c(c1)CCN2)=C(/N)NC. The molecule has 0 bridgehead atoms. The molecule has 0 fully saturated rings. The van der Waals surface area contributed by atoms with E-state index in [0.717, 1.165) is 25.1 Å². The molecule has 1 heterocycles. The molecule has 1 aromatic carbocycles. The fraction of sp³-hybridized carbons (Fsp3) is 0.412. The molecule has 26 heavy (non-hydrogen) atoms. The van der Waals surface area contributed by atoms with Crippen LogP contribution in [0.5, 0.6) is 0 Å². The first-order chi connectivity index (χ1) is 12.5. The number of fused-ring (bicyclic) bond motifs is 1. The highest BCUT2D eigenvalue weighted by atomic mass is 32.2. The minimum Gasteiger partial charge on any atom is -0.384 e. The molecule has 2 rings (SSSR count). The number of nitrogens with two attached hydrogens (primary N) is 1. The van der Waals surface area contributed by atoms with Crippen LogP contribution in [0.1, 0.15) is 11.1 Å². The molecule has 0 spiro atoms. The van der Waals surface area contributed by atoms with Crippen LogP contribution in [-0.4, -0.2) is 44.8 Å². The molecule has 0 aromatic heterocycles. The third-order valence-corrected chi connectivity index (χ3v) is 4.76. The van der Waals surface area contributed by atoms with E-state index >= 15 is 0 Å². The van der Waals surface area contributed by atoms with E-state index in [1.165, 1.54) is 35.8 Å². The van der Waals surface area contributed by atoms with Crippen molar-refractivity contribution in [1.29, 1.82) is 0 Å². The number of amides is 2. The van der Waals surface area contributed by atoms with Gasteiger partial charge in [-0.3, -0.25) is 14.3 Å². The summed E-state index contributed by atoms with van der Waals surface area (Å²) in [6, 6.07) is 6.45. The number of benzene rings is 1. The van der Waals surface area contributed by atoms with Gasteiger partial charge in [-0.15, -0.1) is 0 Å². The summed E-state index contributed by atoms with van der Waals surface area (Å²) in [4.78, 5) is 23.6. The summed E-state index contributed by atoms with van der Waals surface area (Å²) < 4.78 is 2.76. The Labute approximate surface area is 157 Å². The van der Waals surface area contributed by atoms with E-state index in [-0.39, 0.29) is 29.9 Å². The number of rotatable bonds is 9. The fourth-order valence-corrected chi connectivity index (χ4v) is 3.24. The largest absolute Gasteiger partial charge is 0.384 e. The first-order valence-corrected chi connectivity index (χ1v) is 9.43. The van der Waals surface area contributed by atoms with Crippen molar-refractivity contribution >= 4 is 29.4 Å². The Morgan fingerprint density at radius 2 is 2.08 bits per heavy atom. The van der Waals surface area contributed by atoms with Crippen molar-refractivity contribution in [2.75, 3.05) is 38.3 Å². The molecular weight excluding hydrogens is 352 g/mol. The predicted molar refractivity (Wildman–Crippen MR) is 105 cm³/mol. The molecule has 0 unspecified atom stereocenters. The van der Waals surface area contributed by atoms with Gasteiger partial charge in [-0.2, -0.15) is 0 Å². The molecular formula is C17H26N6O2S. The number of hydrogen-bond donors (Lipinski definition) is 6. The van der Waals surface area contributed by atoms with Crippen LogP contribution in [0.2, 0.25) is 0 Å². The van der Waals surface area contributed by atoms with Crippen LogP contribution >= 0.6 is 11.9 Å². The zero-order valence-corrected chi connectivity index (χ0v) is 15.9. The highest BCUT2D eigenvalue weighted by Crippen LogP contribution is 2.23. The van der Waals surface area contributed by atoms with Crippen LogP contribution in [0.25, 0.3) is 0 Å². The molecule has 0 atom stereocenters. The maximum atomic E-state index is 11.9. The van der Waals surface area contributed by atoms with E-state index in [2.05, 4.69) is 44.2 Å².